The Bertz CT molecular complexity index is 1290. The molecule has 2 aromatic carbocycles. The van der Waals surface area contributed by atoms with Crippen LogP contribution in [-0.2, 0) is 16.6 Å². The summed E-state index contributed by atoms with van der Waals surface area (Å²) < 4.78 is 37.8. The molecule has 9 nitrogen and oxygen atoms in total. The van der Waals surface area contributed by atoms with Gasteiger partial charge in [-0.3, -0.25) is 4.79 Å². The molecule has 1 aromatic heterocycles. The highest BCUT2D eigenvalue weighted by Gasteiger charge is 2.30. The molecule has 0 aliphatic carbocycles. The predicted octanol–water partition coefficient (Wildman–Crippen LogP) is 0.683. The number of H-pyrrole nitrogens is 1. The molecule has 1 aliphatic rings. The quantitative estimate of drug-likeness (QED) is 0.538. The first-order valence-corrected chi connectivity index (χ1v) is 11.9. The lowest BCUT2D eigenvalue weighted by Crippen LogP contribution is -3.13. The lowest BCUT2D eigenvalue weighted by molar-refractivity contribution is -0.917. The summed E-state index contributed by atoms with van der Waals surface area (Å²) in [5, 5.41) is 0.909. The number of piperazine rings is 1. The minimum Gasteiger partial charge on any atom is -0.493 e. The molecule has 1 saturated heterocycles. The average Bonchev–Trinajstić information content (AvgIpc) is 2.79. The van der Waals surface area contributed by atoms with E-state index in [9.17, 15) is 13.2 Å². The van der Waals surface area contributed by atoms with Crippen LogP contribution >= 0.6 is 11.6 Å². The highest BCUT2D eigenvalue weighted by Crippen LogP contribution is 2.29. The van der Waals surface area contributed by atoms with E-state index in [4.69, 9.17) is 21.1 Å². The number of aromatic nitrogens is 2. The van der Waals surface area contributed by atoms with E-state index in [1.807, 2.05) is 0 Å². The van der Waals surface area contributed by atoms with Gasteiger partial charge in [0.15, 0.2) is 17.3 Å². The predicted molar refractivity (Wildman–Crippen MR) is 120 cm³/mol. The Balaban J connectivity index is 1.48. The molecule has 1 aliphatic heterocycles. The zero-order chi connectivity index (χ0) is 22.9. The Morgan fingerprint density at radius 1 is 1.09 bits per heavy atom. The van der Waals surface area contributed by atoms with Gasteiger partial charge >= 0.3 is 0 Å². The van der Waals surface area contributed by atoms with Crippen LogP contribution in [0.1, 0.15) is 5.82 Å². The van der Waals surface area contributed by atoms with Gasteiger partial charge < -0.3 is 19.4 Å². The van der Waals surface area contributed by atoms with Crippen molar-refractivity contribution in [2.75, 3.05) is 40.4 Å². The fourth-order valence-corrected chi connectivity index (χ4v) is 5.38. The van der Waals surface area contributed by atoms with E-state index in [1.165, 1.54) is 30.7 Å². The van der Waals surface area contributed by atoms with E-state index in [2.05, 4.69) is 9.97 Å². The number of benzene rings is 2. The summed E-state index contributed by atoms with van der Waals surface area (Å²) in [5.74, 6) is 1.50. The third-order valence-electron chi connectivity index (χ3n) is 5.56. The number of methoxy groups -OCH3 is 2. The van der Waals surface area contributed by atoms with Gasteiger partial charge in [0.1, 0.15) is 6.54 Å². The van der Waals surface area contributed by atoms with E-state index in [1.54, 1.807) is 24.3 Å². The molecule has 0 unspecified atom stereocenters. The van der Waals surface area contributed by atoms with Crippen LogP contribution < -0.4 is 19.9 Å². The van der Waals surface area contributed by atoms with Gasteiger partial charge in [-0.05, 0) is 30.3 Å². The molecule has 0 atom stereocenters. The topological polar surface area (TPSA) is 106 Å². The summed E-state index contributed by atoms with van der Waals surface area (Å²) in [6.07, 6.45) is 0. The van der Waals surface area contributed by atoms with Crippen LogP contribution in [0, 0.1) is 0 Å². The van der Waals surface area contributed by atoms with Gasteiger partial charge in [0.25, 0.3) is 5.56 Å². The normalized spacial score (nSPS) is 15.7. The first kappa shape index (κ1) is 22.5. The van der Waals surface area contributed by atoms with Gasteiger partial charge in [-0.1, -0.05) is 11.6 Å². The first-order valence-electron chi connectivity index (χ1n) is 10.1. The molecule has 3 aromatic rings. The summed E-state index contributed by atoms with van der Waals surface area (Å²) in [6, 6.07) is 9.47. The molecule has 0 saturated carbocycles. The number of nitrogens with one attached hydrogen (secondary N) is 2. The van der Waals surface area contributed by atoms with Crippen LogP contribution in [0.4, 0.5) is 0 Å². The van der Waals surface area contributed by atoms with Crippen molar-refractivity contribution in [2.24, 2.45) is 0 Å². The smallest absolute Gasteiger partial charge is 0.259 e. The van der Waals surface area contributed by atoms with Crippen molar-refractivity contribution in [3.05, 3.63) is 57.6 Å². The Kier molecular flexibility index (Phi) is 6.38. The van der Waals surface area contributed by atoms with Gasteiger partial charge in [0, 0.05) is 11.1 Å². The highest BCUT2D eigenvalue weighted by atomic mass is 35.5. The van der Waals surface area contributed by atoms with Gasteiger partial charge in [-0.2, -0.15) is 4.31 Å². The molecule has 1 fully saturated rings. The Labute approximate surface area is 190 Å². The first-order chi connectivity index (χ1) is 15.3. The van der Waals surface area contributed by atoms with Crippen LogP contribution in [-0.4, -0.2) is 63.1 Å². The van der Waals surface area contributed by atoms with Crippen molar-refractivity contribution in [1.29, 1.82) is 0 Å². The number of quaternary nitrogens is 1. The van der Waals surface area contributed by atoms with Crippen molar-refractivity contribution >= 4 is 32.5 Å². The third-order valence-corrected chi connectivity index (χ3v) is 7.72. The summed E-state index contributed by atoms with van der Waals surface area (Å²) in [7, 11) is -0.526. The number of sulfonamides is 1. The zero-order valence-electron chi connectivity index (χ0n) is 17.7. The molecule has 2 N–H and O–H groups in total. The van der Waals surface area contributed by atoms with Crippen LogP contribution in [0.3, 0.4) is 0 Å². The molecule has 32 heavy (non-hydrogen) atoms. The number of hydrogen-bond donors (Lipinski definition) is 2. The number of nitrogens with zero attached hydrogens (tertiary/aromatic N) is 2. The molecular formula is C21H24ClN4O5S+. The SMILES string of the molecule is COc1cc2nc(C[NH+]3CCN(S(=O)(=O)c4ccc(Cl)cc4)CC3)[nH]c(=O)c2cc1OC. The second-order valence-corrected chi connectivity index (χ2v) is 9.90. The fraction of sp³-hybridized carbons (Fsp3) is 0.333. The second kappa shape index (κ2) is 9.07. The van der Waals surface area contributed by atoms with Crippen LogP contribution in [0.25, 0.3) is 10.9 Å². The number of ether oxygens (including phenoxy) is 2. The molecule has 11 heteroatoms. The van der Waals surface area contributed by atoms with E-state index in [0.717, 1.165) is 4.90 Å². The van der Waals surface area contributed by atoms with Crippen molar-refractivity contribution < 1.29 is 22.8 Å². The van der Waals surface area contributed by atoms with Crippen molar-refractivity contribution in [3.63, 3.8) is 0 Å². The van der Waals surface area contributed by atoms with Gasteiger partial charge in [-0.25, -0.2) is 13.4 Å². The van der Waals surface area contributed by atoms with E-state index >= 15 is 0 Å². The summed E-state index contributed by atoms with van der Waals surface area (Å²) >= 11 is 5.87. The molecule has 2 heterocycles. The number of aromatic amines is 1. The van der Waals surface area contributed by atoms with Gasteiger partial charge in [-0.15, -0.1) is 0 Å². The van der Waals surface area contributed by atoms with Crippen LogP contribution in [0.15, 0.2) is 46.1 Å². The van der Waals surface area contributed by atoms with E-state index in [-0.39, 0.29) is 10.5 Å². The average molecular weight is 480 g/mol. The van der Waals surface area contributed by atoms with Crippen molar-refractivity contribution in [3.8, 4) is 11.5 Å². The molecule has 0 spiro atoms. The van der Waals surface area contributed by atoms with Gasteiger partial charge in [0.05, 0.1) is 56.2 Å². The molecule has 0 bridgehead atoms. The van der Waals surface area contributed by atoms with E-state index < -0.39 is 10.0 Å². The number of hydrogen-bond acceptors (Lipinski definition) is 6. The summed E-state index contributed by atoms with van der Waals surface area (Å²) in [5.41, 5.74) is 0.263. The fourth-order valence-electron chi connectivity index (χ4n) is 3.81. The number of rotatable bonds is 6. The maximum Gasteiger partial charge on any atom is 0.259 e. The zero-order valence-corrected chi connectivity index (χ0v) is 19.3. The Morgan fingerprint density at radius 2 is 1.72 bits per heavy atom. The number of fused-ring (bicyclic) bond motifs is 1. The number of halogens is 1. The Morgan fingerprint density at radius 3 is 2.34 bits per heavy atom. The lowest BCUT2D eigenvalue weighted by atomic mass is 10.2. The van der Waals surface area contributed by atoms with Gasteiger partial charge in [0.2, 0.25) is 10.0 Å². The van der Waals surface area contributed by atoms with Crippen LogP contribution in [0.2, 0.25) is 5.02 Å². The molecule has 4 rings (SSSR count). The van der Waals surface area contributed by atoms with Crippen molar-refractivity contribution in [2.45, 2.75) is 11.4 Å². The molecule has 0 amide bonds. The lowest BCUT2D eigenvalue weighted by Gasteiger charge is -2.31. The maximum atomic E-state index is 12.9. The third kappa shape index (κ3) is 4.44. The Hall–Kier alpha value is -2.66. The maximum absolute atomic E-state index is 12.9. The standard InChI is InChI=1S/C21H23ClN4O5S/c1-30-18-11-16-17(12-19(18)31-2)23-20(24-21(16)27)13-25-7-9-26(10-8-25)32(28,29)15-5-3-14(22)4-6-15/h3-6,11-12H,7-10,13H2,1-2H3,(H,23,24,27)/p+1. The minimum atomic E-state index is -3.56. The second-order valence-electron chi connectivity index (χ2n) is 7.52. The molecule has 170 valence electrons. The highest BCUT2D eigenvalue weighted by molar-refractivity contribution is 7.89. The largest absolute Gasteiger partial charge is 0.493 e. The molecule has 0 radical (unpaired) electrons. The molecular weight excluding hydrogens is 456 g/mol. The summed E-state index contributed by atoms with van der Waals surface area (Å²) in [6.45, 7) is 2.43. The van der Waals surface area contributed by atoms with Crippen LogP contribution in [0.5, 0.6) is 11.5 Å². The van der Waals surface area contributed by atoms with Crippen molar-refractivity contribution in [1.82, 2.24) is 14.3 Å². The van der Waals surface area contributed by atoms with E-state index in [0.29, 0.717) is 66.0 Å². The monoisotopic (exact) mass is 479 g/mol. The minimum absolute atomic E-state index is 0.232. The summed E-state index contributed by atoms with van der Waals surface area (Å²) in [4.78, 5) is 21.4.